The second-order valence-electron chi connectivity index (χ2n) is 6.46. The van der Waals surface area contributed by atoms with Crippen LogP contribution in [-0.4, -0.2) is 54.6 Å². The summed E-state index contributed by atoms with van der Waals surface area (Å²) in [7, 11) is 3.71. The van der Waals surface area contributed by atoms with Gasteiger partial charge in [0, 0.05) is 31.8 Å². The van der Waals surface area contributed by atoms with Crippen LogP contribution in [0.4, 0.5) is 25.0 Å². The highest BCUT2D eigenvalue weighted by Crippen LogP contribution is 2.30. The largest absolute Gasteiger partial charge is 0.433 e. The molecule has 2 rings (SSSR count). The number of halogens is 2. The van der Waals surface area contributed by atoms with Crippen molar-refractivity contribution >= 4 is 17.4 Å². The van der Waals surface area contributed by atoms with Crippen LogP contribution in [0.5, 0.6) is 5.75 Å². The summed E-state index contributed by atoms with van der Waals surface area (Å²) in [6.45, 7) is -1.94. The first-order chi connectivity index (χ1) is 13.8. The molecule has 0 radical (unpaired) electrons. The van der Waals surface area contributed by atoms with Crippen molar-refractivity contribution < 1.29 is 23.2 Å². The van der Waals surface area contributed by atoms with Gasteiger partial charge in [-0.15, -0.1) is 0 Å². The highest BCUT2D eigenvalue weighted by atomic mass is 19.3. The second-order valence-corrected chi connectivity index (χ2v) is 6.46. The van der Waals surface area contributed by atoms with Crippen LogP contribution in [0, 0.1) is 10.1 Å². The number of nitro groups is 1. The van der Waals surface area contributed by atoms with Crippen molar-refractivity contribution in [2.45, 2.75) is 13.2 Å². The number of hydrogen-bond acceptors (Lipinski definition) is 5. The summed E-state index contributed by atoms with van der Waals surface area (Å²) < 4.78 is 29.7. The van der Waals surface area contributed by atoms with Gasteiger partial charge in [0.25, 0.3) is 5.69 Å². The number of amides is 2. The van der Waals surface area contributed by atoms with E-state index >= 15 is 0 Å². The van der Waals surface area contributed by atoms with Crippen molar-refractivity contribution in [2.75, 3.05) is 32.5 Å². The lowest BCUT2D eigenvalue weighted by Gasteiger charge is -2.25. The summed E-state index contributed by atoms with van der Waals surface area (Å²) in [5.74, 6) is -0.355. The molecule has 0 aliphatic rings. The van der Waals surface area contributed by atoms with E-state index in [0.717, 1.165) is 23.8 Å². The van der Waals surface area contributed by atoms with Crippen LogP contribution in [-0.2, 0) is 6.54 Å². The number of alkyl halides is 2. The third-order valence-electron chi connectivity index (χ3n) is 3.95. The van der Waals surface area contributed by atoms with E-state index < -0.39 is 17.6 Å². The summed E-state index contributed by atoms with van der Waals surface area (Å²) in [5, 5.41) is 13.5. The van der Waals surface area contributed by atoms with E-state index in [2.05, 4.69) is 10.1 Å². The molecule has 1 N–H and O–H groups in total. The fourth-order valence-electron chi connectivity index (χ4n) is 2.50. The number of nitrogens with zero attached hydrogens (tertiary/aromatic N) is 3. The van der Waals surface area contributed by atoms with Gasteiger partial charge < -0.3 is 19.9 Å². The van der Waals surface area contributed by atoms with Gasteiger partial charge in [-0.2, -0.15) is 8.78 Å². The Morgan fingerprint density at radius 3 is 2.45 bits per heavy atom. The van der Waals surface area contributed by atoms with Gasteiger partial charge in [-0.25, -0.2) is 4.79 Å². The number of carbonyl (C=O) groups excluding carboxylic acids is 1. The van der Waals surface area contributed by atoms with Crippen molar-refractivity contribution in [2.24, 2.45) is 0 Å². The number of anilines is 1. The summed E-state index contributed by atoms with van der Waals surface area (Å²) in [5.41, 5.74) is 0.321. The smallest absolute Gasteiger partial charge is 0.387 e. The Bertz CT molecular complexity index is 834. The van der Waals surface area contributed by atoms with E-state index in [0.29, 0.717) is 13.1 Å². The molecule has 2 aromatic carbocycles. The SMILES string of the molecule is CN(C)CCN(Cc1ccccc1)C(=O)Nc1cc([N+](=O)[O-])ccc1OC(F)F. The zero-order valence-corrected chi connectivity index (χ0v) is 16.0. The zero-order chi connectivity index (χ0) is 21.4. The number of ether oxygens (including phenoxy) is 1. The first-order valence-corrected chi connectivity index (χ1v) is 8.74. The standard InChI is InChI=1S/C19H22F2N4O4/c1-23(2)10-11-24(13-14-6-4-3-5-7-14)19(26)22-16-12-15(25(27)28)8-9-17(16)29-18(20)21/h3-9,12,18H,10-11,13H2,1-2H3,(H,22,26). The van der Waals surface area contributed by atoms with E-state index in [-0.39, 0.29) is 23.7 Å². The maximum Gasteiger partial charge on any atom is 0.387 e. The molecular weight excluding hydrogens is 386 g/mol. The van der Waals surface area contributed by atoms with Crippen molar-refractivity contribution in [3.63, 3.8) is 0 Å². The topological polar surface area (TPSA) is 88.0 Å². The predicted octanol–water partition coefficient (Wildman–Crippen LogP) is 3.79. The summed E-state index contributed by atoms with van der Waals surface area (Å²) >= 11 is 0. The minimum absolute atomic E-state index is 0.201. The molecule has 156 valence electrons. The molecule has 0 aromatic heterocycles. The first-order valence-electron chi connectivity index (χ1n) is 8.74. The third kappa shape index (κ3) is 7.00. The molecule has 8 nitrogen and oxygen atoms in total. The van der Waals surface area contributed by atoms with Crippen LogP contribution in [0.15, 0.2) is 48.5 Å². The van der Waals surface area contributed by atoms with Gasteiger partial charge in [-0.1, -0.05) is 30.3 Å². The Morgan fingerprint density at radius 2 is 1.86 bits per heavy atom. The normalized spacial score (nSPS) is 10.8. The number of rotatable bonds is 9. The number of nitrogens with one attached hydrogen (secondary N) is 1. The maximum atomic E-state index is 12.8. The van der Waals surface area contributed by atoms with Crippen molar-refractivity contribution in [1.29, 1.82) is 0 Å². The molecule has 2 amide bonds. The average molecular weight is 408 g/mol. The number of likely N-dealkylation sites (N-methyl/N-ethyl adjacent to an activating group) is 1. The number of nitro benzene ring substituents is 1. The molecule has 0 bridgehead atoms. The molecule has 29 heavy (non-hydrogen) atoms. The Labute approximate surface area is 166 Å². The molecule has 0 saturated heterocycles. The van der Waals surface area contributed by atoms with E-state index in [4.69, 9.17) is 0 Å². The zero-order valence-electron chi connectivity index (χ0n) is 16.0. The highest BCUT2D eigenvalue weighted by Gasteiger charge is 2.20. The van der Waals surface area contributed by atoms with Crippen molar-refractivity contribution in [3.05, 3.63) is 64.2 Å². The average Bonchev–Trinajstić information content (AvgIpc) is 2.66. The molecule has 0 aliphatic heterocycles. The van der Waals surface area contributed by atoms with Crippen LogP contribution in [0.2, 0.25) is 0 Å². The van der Waals surface area contributed by atoms with Crippen LogP contribution >= 0.6 is 0 Å². The summed E-state index contributed by atoms with van der Waals surface area (Å²) in [6, 6.07) is 11.7. The Balaban J connectivity index is 2.26. The molecule has 2 aromatic rings. The summed E-state index contributed by atoms with van der Waals surface area (Å²) in [4.78, 5) is 26.5. The van der Waals surface area contributed by atoms with E-state index in [1.807, 2.05) is 49.3 Å². The number of carbonyl (C=O) groups is 1. The van der Waals surface area contributed by atoms with Crippen molar-refractivity contribution in [3.8, 4) is 5.75 Å². The lowest BCUT2D eigenvalue weighted by Crippen LogP contribution is -2.39. The van der Waals surface area contributed by atoms with Crippen LogP contribution in [0.1, 0.15) is 5.56 Å². The van der Waals surface area contributed by atoms with Crippen molar-refractivity contribution in [1.82, 2.24) is 9.80 Å². The van der Waals surface area contributed by atoms with Gasteiger partial charge in [0.05, 0.1) is 10.6 Å². The molecule has 0 saturated carbocycles. The van der Waals surface area contributed by atoms with Gasteiger partial charge in [0.1, 0.15) is 5.75 Å². The van der Waals surface area contributed by atoms with E-state index in [1.54, 1.807) is 0 Å². The Hall–Kier alpha value is -3.27. The quantitative estimate of drug-likeness (QED) is 0.504. The lowest BCUT2D eigenvalue weighted by atomic mass is 10.2. The highest BCUT2D eigenvalue weighted by molar-refractivity contribution is 5.91. The van der Waals surface area contributed by atoms with Gasteiger partial charge >= 0.3 is 12.6 Å². The third-order valence-corrected chi connectivity index (χ3v) is 3.95. The predicted molar refractivity (Wildman–Crippen MR) is 104 cm³/mol. The van der Waals surface area contributed by atoms with Gasteiger partial charge in [0.15, 0.2) is 0 Å². The summed E-state index contributed by atoms with van der Waals surface area (Å²) in [6.07, 6.45) is 0. The van der Waals surface area contributed by atoms with Gasteiger partial charge in [-0.3, -0.25) is 10.1 Å². The second kappa shape index (κ2) is 10.3. The molecule has 0 atom stereocenters. The Kier molecular flexibility index (Phi) is 7.84. The lowest BCUT2D eigenvalue weighted by molar-refractivity contribution is -0.384. The first kappa shape index (κ1) is 22.0. The molecule has 0 spiro atoms. The molecule has 10 heteroatoms. The molecule has 0 fully saturated rings. The van der Waals surface area contributed by atoms with Crippen LogP contribution in [0.3, 0.4) is 0 Å². The van der Waals surface area contributed by atoms with Crippen LogP contribution < -0.4 is 10.1 Å². The van der Waals surface area contributed by atoms with E-state index in [9.17, 15) is 23.7 Å². The number of urea groups is 1. The number of benzene rings is 2. The Morgan fingerprint density at radius 1 is 1.17 bits per heavy atom. The van der Waals surface area contributed by atoms with Gasteiger partial charge in [-0.05, 0) is 25.7 Å². The fourth-order valence-corrected chi connectivity index (χ4v) is 2.50. The molecule has 0 heterocycles. The minimum Gasteiger partial charge on any atom is -0.433 e. The monoisotopic (exact) mass is 408 g/mol. The van der Waals surface area contributed by atoms with E-state index in [1.165, 1.54) is 4.90 Å². The molecular formula is C19H22F2N4O4. The molecule has 0 unspecified atom stereocenters. The van der Waals surface area contributed by atoms with Crippen LogP contribution in [0.25, 0.3) is 0 Å². The van der Waals surface area contributed by atoms with Gasteiger partial charge in [0.2, 0.25) is 0 Å². The number of non-ortho nitro benzene ring substituents is 1. The maximum absolute atomic E-state index is 12.8. The minimum atomic E-state index is -3.14. The molecule has 0 aliphatic carbocycles. The fraction of sp³-hybridized carbons (Fsp3) is 0.316. The number of hydrogen-bond donors (Lipinski definition) is 1.